The van der Waals surface area contributed by atoms with Crippen molar-refractivity contribution in [1.29, 1.82) is 0 Å². The van der Waals surface area contributed by atoms with Gasteiger partial charge in [0.2, 0.25) is 0 Å². The first-order valence-electron chi connectivity index (χ1n) is 7.21. The van der Waals surface area contributed by atoms with E-state index < -0.39 is 0 Å². The fourth-order valence-electron chi connectivity index (χ4n) is 2.99. The third-order valence-corrected chi connectivity index (χ3v) is 5.85. The van der Waals surface area contributed by atoms with E-state index >= 15 is 0 Å². The summed E-state index contributed by atoms with van der Waals surface area (Å²) in [5, 5.41) is 1.45. The predicted molar refractivity (Wildman–Crippen MR) is 84.1 cm³/mol. The van der Waals surface area contributed by atoms with Crippen molar-refractivity contribution in [2.24, 2.45) is 11.8 Å². The van der Waals surface area contributed by atoms with Gasteiger partial charge in [0.15, 0.2) is 0 Å². The first kappa shape index (κ1) is 13.4. The number of alkyl halides is 1. The summed E-state index contributed by atoms with van der Waals surface area (Å²) in [5.41, 5.74) is 1.11. The molecule has 1 saturated carbocycles. The van der Waals surface area contributed by atoms with Crippen LogP contribution < -0.4 is 0 Å². The molecule has 0 bridgehead atoms. The molecular weight excluding hydrogens is 274 g/mol. The van der Waals surface area contributed by atoms with Gasteiger partial charge in [-0.2, -0.15) is 0 Å². The zero-order valence-electron chi connectivity index (χ0n) is 11.3. The molecule has 0 saturated heterocycles. The lowest BCUT2D eigenvalue weighted by Gasteiger charge is -2.29. The number of fused-ring (bicyclic) bond motifs is 1. The molecule has 3 heteroatoms. The van der Waals surface area contributed by atoms with Crippen molar-refractivity contribution < 1.29 is 0 Å². The quantitative estimate of drug-likeness (QED) is 0.702. The highest BCUT2D eigenvalue weighted by Gasteiger charge is 2.25. The second kappa shape index (κ2) is 5.80. The number of nitrogens with zero attached hydrogens (tertiary/aromatic N) is 1. The predicted octanol–water partition coefficient (Wildman–Crippen LogP) is 5.27. The van der Waals surface area contributed by atoms with Gasteiger partial charge in [0.1, 0.15) is 0 Å². The molecule has 1 unspecified atom stereocenters. The molecule has 1 fully saturated rings. The van der Waals surface area contributed by atoms with E-state index in [-0.39, 0.29) is 5.38 Å². The number of rotatable bonds is 3. The molecule has 1 aliphatic rings. The molecule has 1 aliphatic carbocycles. The van der Waals surface area contributed by atoms with Gasteiger partial charge in [-0.3, -0.25) is 0 Å². The lowest BCUT2D eigenvalue weighted by atomic mass is 9.81. The molecule has 0 N–H and O–H groups in total. The molecule has 0 radical (unpaired) electrons. The summed E-state index contributed by atoms with van der Waals surface area (Å²) in [6.07, 6.45) is 6.20. The molecule has 1 aromatic carbocycles. The van der Waals surface area contributed by atoms with Crippen molar-refractivity contribution in [2.75, 3.05) is 0 Å². The Morgan fingerprint density at radius 1 is 1.26 bits per heavy atom. The molecular formula is C16H20ClNS. The smallest absolute Gasteiger partial charge is 0.0953 e. The molecule has 1 nitrogen and oxygen atoms in total. The maximum atomic E-state index is 6.64. The average molecular weight is 294 g/mol. The Balaban J connectivity index is 1.67. The van der Waals surface area contributed by atoms with Crippen molar-refractivity contribution in [1.82, 2.24) is 4.98 Å². The summed E-state index contributed by atoms with van der Waals surface area (Å²) in [4.78, 5) is 4.70. The highest BCUT2D eigenvalue weighted by molar-refractivity contribution is 7.18. The van der Waals surface area contributed by atoms with E-state index in [2.05, 4.69) is 25.1 Å². The van der Waals surface area contributed by atoms with Gasteiger partial charge in [-0.25, -0.2) is 4.98 Å². The van der Waals surface area contributed by atoms with Gasteiger partial charge in [0.05, 0.1) is 15.2 Å². The zero-order valence-corrected chi connectivity index (χ0v) is 12.9. The first-order valence-corrected chi connectivity index (χ1v) is 8.46. The number of hydrogen-bond donors (Lipinski definition) is 0. The van der Waals surface area contributed by atoms with Crippen LogP contribution >= 0.6 is 22.9 Å². The fraction of sp³-hybridized carbons (Fsp3) is 0.562. The summed E-state index contributed by atoms with van der Waals surface area (Å²) in [6.45, 7) is 2.35. The maximum Gasteiger partial charge on any atom is 0.0953 e. The molecule has 3 rings (SSSR count). The Bertz CT molecular complexity index is 509. The molecule has 19 heavy (non-hydrogen) atoms. The van der Waals surface area contributed by atoms with Crippen LogP contribution in [0.4, 0.5) is 0 Å². The standard InChI is InChI=1S/C16H20ClNS/c1-11-6-8-12(9-7-11)13(17)10-16-18-14-4-2-3-5-15(14)19-16/h2-5,11-13H,6-10H2,1H3. The summed E-state index contributed by atoms with van der Waals surface area (Å²) in [5.74, 6) is 1.58. The number of aromatic nitrogens is 1. The van der Waals surface area contributed by atoms with Gasteiger partial charge in [-0.05, 0) is 36.8 Å². The third kappa shape index (κ3) is 3.11. The van der Waals surface area contributed by atoms with Crippen molar-refractivity contribution in [3.63, 3.8) is 0 Å². The second-order valence-electron chi connectivity index (χ2n) is 5.82. The summed E-state index contributed by atoms with van der Waals surface area (Å²) in [6, 6.07) is 8.35. The number of para-hydroxylation sites is 1. The van der Waals surface area contributed by atoms with E-state index in [0.717, 1.165) is 17.9 Å². The van der Waals surface area contributed by atoms with Gasteiger partial charge < -0.3 is 0 Å². The van der Waals surface area contributed by atoms with Gasteiger partial charge in [0.25, 0.3) is 0 Å². The SMILES string of the molecule is CC1CCC(C(Cl)Cc2nc3ccccc3s2)CC1. The van der Waals surface area contributed by atoms with E-state index in [1.807, 2.05) is 6.07 Å². The average Bonchev–Trinajstić information content (AvgIpc) is 2.81. The van der Waals surface area contributed by atoms with Gasteiger partial charge in [0, 0.05) is 11.8 Å². The Labute approximate surface area is 124 Å². The van der Waals surface area contributed by atoms with Gasteiger partial charge >= 0.3 is 0 Å². The Hall–Kier alpha value is -0.600. The van der Waals surface area contributed by atoms with Crippen LogP contribution in [0, 0.1) is 11.8 Å². The molecule has 1 aromatic heterocycles. The minimum atomic E-state index is 0.257. The topological polar surface area (TPSA) is 12.9 Å². The van der Waals surface area contributed by atoms with Gasteiger partial charge in [-0.15, -0.1) is 22.9 Å². The lowest BCUT2D eigenvalue weighted by Crippen LogP contribution is -2.22. The molecule has 0 amide bonds. The normalized spacial score (nSPS) is 25.6. The maximum absolute atomic E-state index is 6.64. The number of thiazole rings is 1. The van der Waals surface area contributed by atoms with Crippen molar-refractivity contribution in [3.05, 3.63) is 29.3 Å². The Kier molecular flexibility index (Phi) is 4.09. The van der Waals surface area contributed by atoms with Crippen LogP contribution in [0.1, 0.15) is 37.6 Å². The first-order chi connectivity index (χ1) is 9.22. The fourth-order valence-corrected chi connectivity index (χ4v) is 4.50. The highest BCUT2D eigenvalue weighted by atomic mass is 35.5. The van der Waals surface area contributed by atoms with E-state index in [0.29, 0.717) is 5.92 Å². The number of halogens is 1. The van der Waals surface area contributed by atoms with E-state index in [1.165, 1.54) is 35.4 Å². The molecule has 0 aliphatic heterocycles. The Morgan fingerprint density at radius 3 is 2.74 bits per heavy atom. The third-order valence-electron chi connectivity index (χ3n) is 4.28. The summed E-state index contributed by atoms with van der Waals surface area (Å²) < 4.78 is 1.28. The molecule has 2 aromatic rings. The van der Waals surface area contributed by atoms with Crippen LogP contribution in [-0.4, -0.2) is 10.4 Å². The zero-order chi connectivity index (χ0) is 13.2. The second-order valence-corrected chi connectivity index (χ2v) is 7.49. The molecule has 0 spiro atoms. The van der Waals surface area contributed by atoms with Crippen LogP contribution in [-0.2, 0) is 6.42 Å². The Morgan fingerprint density at radius 2 is 2.00 bits per heavy atom. The molecule has 1 atom stereocenters. The largest absolute Gasteiger partial charge is 0.241 e. The molecule has 1 heterocycles. The highest BCUT2D eigenvalue weighted by Crippen LogP contribution is 2.34. The monoisotopic (exact) mass is 293 g/mol. The van der Waals surface area contributed by atoms with E-state index in [4.69, 9.17) is 16.6 Å². The minimum absolute atomic E-state index is 0.257. The lowest BCUT2D eigenvalue weighted by molar-refractivity contribution is 0.281. The van der Waals surface area contributed by atoms with E-state index in [1.54, 1.807) is 11.3 Å². The van der Waals surface area contributed by atoms with Crippen molar-refractivity contribution in [2.45, 2.75) is 44.4 Å². The van der Waals surface area contributed by atoms with E-state index in [9.17, 15) is 0 Å². The minimum Gasteiger partial charge on any atom is -0.241 e. The summed E-state index contributed by atoms with van der Waals surface area (Å²) in [7, 11) is 0. The van der Waals surface area contributed by atoms with Crippen LogP contribution in [0.2, 0.25) is 0 Å². The van der Waals surface area contributed by atoms with Crippen molar-refractivity contribution >= 4 is 33.2 Å². The van der Waals surface area contributed by atoms with Crippen molar-refractivity contribution in [3.8, 4) is 0 Å². The van der Waals surface area contributed by atoms with Crippen LogP contribution in [0.3, 0.4) is 0 Å². The molecule has 102 valence electrons. The number of hydrogen-bond acceptors (Lipinski definition) is 2. The summed E-state index contributed by atoms with van der Waals surface area (Å²) >= 11 is 8.43. The van der Waals surface area contributed by atoms with Crippen LogP contribution in [0.15, 0.2) is 24.3 Å². The van der Waals surface area contributed by atoms with Crippen LogP contribution in [0.5, 0.6) is 0 Å². The van der Waals surface area contributed by atoms with Gasteiger partial charge in [-0.1, -0.05) is 31.9 Å². The number of benzene rings is 1. The van der Waals surface area contributed by atoms with Crippen LogP contribution in [0.25, 0.3) is 10.2 Å².